The van der Waals surface area contributed by atoms with E-state index in [4.69, 9.17) is 16.2 Å². The van der Waals surface area contributed by atoms with Gasteiger partial charge in [0.15, 0.2) is 11.6 Å². The lowest BCUT2D eigenvalue weighted by molar-refractivity contribution is -0.139. The number of halogens is 3. The van der Waals surface area contributed by atoms with Crippen molar-refractivity contribution in [2.45, 2.75) is 32.5 Å². The zero-order chi connectivity index (χ0) is 20.5. The molecule has 0 radical (unpaired) electrons. The van der Waals surface area contributed by atoms with Gasteiger partial charge in [0.2, 0.25) is 0 Å². The molecule has 0 aliphatic carbocycles. The smallest absolute Gasteiger partial charge is 0.419 e. The van der Waals surface area contributed by atoms with Gasteiger partial charge in [0.05, 0.1) is 17.7 Å². The second-order valence-corrected chi connectivity index (χ2v) is 7.02. The highest BCUT2D eigenvalue weighted by atomic mass is 19.4. The molecular formula is C19H22F3N5O. The maximum Gasteiger partial charge on any atom is 0.419 e. The monoisotopic (exact) mass is 393 g/mol. The van der Waals surface area contributed by atoms with Gasteiger partial charge in [-0.2, -0.15) is 18.2 Å². The van der Waals surface area contributed by atoms with E-state index in [0.717, 1.165) is 6.07 Å². The number of rotatable bonds is 6. The van der Waals surface area contributed by atoms with E-state index in [0.29, 0.717) is 28.7 Å². The van der Waals surface area contributed by atoms with Crippen LogP contribution in [-0.4, -0.2) is 27.6 Å². The molecule has 6 nitrogen and oxygen atoms in total. The summed E-state index contributed by atoms with van der Waals surface area (Å²) in [5.41, 5.74) is 12.3. The van der Waals surface area contributed by atoms with Crippen LogP contribution in [0.25, 0.3) is 22.3 Å². The van der Waals surface area contributed by atoms with Gasteiger partial charge in [-0.25, -0.2) is 4.98 Å². The van der Waals surface area contributed by atoms with Crippen molar-refractivity contribution in [2.24, 2.45) is 11.7 Å². The molecule has 0 amide bonds. The van der Waals surface area contributed by atoms with E-state index in [1.165, 1.54) is 12.3 Å². The number of ether oxygens (including phenoxy) is 1. The third kappa shape index (κ3) is 4.36. The highest BCUT2D eigenvalue weighted by Crippen LogP contribution is 2.40. The molecule has 2 unspecified atom stereocenters. The lowest BCUT2D eigenvalue weighted by Gasteiger charge is -2.19. The lowest BCUT2D eigenvalue weighted by Crippen LogP contribution is -2.22. The number of benzene rings is 1. The van der Waals surface area contributed by atoms with E-state index in [1.54, 1.807) is 12.1 Å². The summed E-state index contributed by atoms with van der Waals surface area (Å²) >= 11 is 0. The van der Waals surface area contributed by atoms with Gasteiger partial charge >= 0.3 is 6.18 Å². The number of imidazole rings is 1. The SMILES string of the molecule is CC(N)CC(C)COc1ccc(-c2ccnc3nc(N)[nH]c23)cc1C(F)(F)F. The average molecular weight is 393 g/mol. The second kappa shape index (κ2) is 7.67. The summed E-state index contributed by atoms with van der Waals surface area (Å²) in [6.07, 6.45) is -2.42. The van der Waals surface area contributed by atoms with Gasteiger partial charge in [-0.3, -0.25) is 0 Å². The van der Waals surface area contributed by atoms with E-state index >= 15 is 0 Å². The minimum Gasteiger partial charge on any atom is -0.493 e. The fourth-order valence-corrected chi connectivity index (χ4v) is 3.15. The van der Waals surface area contributed by atoms with Gasteiger partial charge in [-0.1, -0.05) is 13.0 Å². The molecule has 0 fully saturated rings. The topological polar surface area (TPSA) is 103 Å². The normalized spacial score (nSPS) is 14.2. The number of aromatic amines is 1. The number of fused-ring (bicyclic) bond motifs is 1. The first-order chi connectivity index (χ1) is 13.1. The van der Waals surface area contributed by atoms with Crippen LogP contribution in [-0.2, 0) is 6.18 Å². The Morgan fingerprint density at radius 3 is 2.64 bits per heavy atom. The number of nitrogens with one attached hydrogen (secondary N) is 1. The Morgan fingerprint density at radius 1 is 1.21 bits per heavy atom. The first-order valence-corrected chi connectivity index (χ1v) is 8.85. The number of nitrogens with zero attached hydrogens (tertiary/aromatic N) is 2. The Kier molecular flexibility index (Phi) is 5.46. The summed E-state index contributed by atoms with van der Waals surface area (Å²) in [4.78, 5) is 10.9. The van der Waals surface area contributed by atoms with E-state index in [1.807, 2.05) is 13.8 Å². The zero-order valence-corrected chi connectivity index (χ0v) is 15.5. The quantitative estimate of drug-likeness (QED) is 0.588. The molecule has 0 bridgehead atoms. The lowest BCUT2D eigenvalue weighted by atomic mass is 10.0. The second-order valence-electron chi connectivity index (χ2n) is 7.02. The third-order valence-corrected chi connectivity index (χ3v) is 4.30. The fraction of sp³-hybridized carbons (Fsp3) is 0.368. The van der Waals surface area contributed by atoms with Crippen molar-refractivity contribution in [1.82, 2.24) is 15.0 Å². The number of aromatic nitrogens is 3. The number of pyridine rings is 1. The summed E-state index contributed by atoms with van der Waals surface area (Å²) in [5, 5.41) is 0. The van der Waals surface area contributed by atoms with Crippen molar-refractivity contribution in [3.05, 3.63) is 36.0 Å². The number of alkyl halides is 3. The van der Waals surface area contributed by atoms with Crippen molar-refractivity contribution in [2.75, 3.05) is 12.3 Å². The maximum atomic E-state index is 13.6. The molecule has 0 saturated heterocycles. The van der Waals surface area contributed by atoms with Crippen LogP contribution in [0.5, 0.6) is 5.75 Å². The molecule has 2 aromatic heterocycles. The van der Waals surface area contributed by atoms with Crippen LogP contribution in [0.1, 0.15) is 25.8 Å². The number of hydrogen-bond donors (Lipinski definition) is 3. The number of anilines is 1. The molecule has 2 heterocycles. The number of H-pyrrole nitrogens is 1. The minimum atomic E-state index is -4.56. The van der Waals surface area contributed by atoms with Crippen LogP contribution in [0.3, 0.4) is 0 Å². The summed E-state index contributed by atoms with van der Waals surface area (Å²) < 4.78 is 46.4. The van der Waals surface area contributed by atoms with Crippen LogP contribution in [0.4, 0.5) is 19.1 Å². The molecule has 0 aliphatic heterocycles. The van der Waals surface area contributed by atoms with Crippen LogP contribution < -0.4 is 16.2 Å². The molecular weight excluding hydrogens is 371 g/mol. The minimum absolute atomic E-state index is 0.0357. The van der Waals surface area contributed by atoms with Crippen molar-refractivity contribution in [3.63, 3.8) is 0 Å². The Bertz CT molecular complexity index is 968. The highest BCUT2D eigenvalue weighted by molar-refractivity contribution is 5.90. The Labute approximate surface area is 160 Å². The third-order valence-electron chi connectivity index (χ3n) is 4.30. The van der Waals surface area contributed by atoms with E-state index in [2.05, 4.69) is 15.0 Å². The molecule has 2 atom stereocenters. The highest BCUT2D eigenvalue weighted by Gasteiger charge is 2.35. The van der Waals surface area contributed by atoms with Crippen LogP contribution in [0.2, 0.25) is 0 Å². The van der Waals surface area contributed by atoms with Crippen molar-refractivity contribution in [1.29, 1.82) is 0 Å². The molecule has 0 saturated carbocycles. The Morgan fingerprint density at radius 2 is 1.96 bits per heavy atom. The van der Waals surface area contributed by atoms with Gasteiger partial charge in [0, 0.05) is 17.8 Å². The van der Waals surface area contributed by atoms with Gasteiger partial charge in [-0.15, -0.1) is 0 Å². The first-order valence-electron chi connectivity index (χ1n) is 8.85. The predicted molar refractivity (Wildman–Crippen MR) is 102 cm³/mol. The Hall–Kier alpha value is -2.81. The zero-order valence-electron chi connectivity index (χ0n) is 15.5. The van der Waals surface area contributed by atoms with Crippen molar-refractivity contribution >= 4 is 17.1 Å². The standard InChI is InChI=1S/C19H22F3N5O/c1-10(7-11(2)23)9-28-15-4-3-12(8-14(15)19(20,21)22)13-5-6-25-17-16(13)26-18(24)27-17/h3-6,8,10-11H,7,9,23H2,1-2H3,(H3,24,25,26,27). The molecule has 9 heteroatoms. The van der Waals surface area contributed by atoms with Gasteiger partial charge in [-0.05, 0) is 43.0 Å². The molecule has 5 N–H and O–H groups in total. The summed E-state index contributed by atoms with van der Waals surface area (Å²) in [7, 11) is 0. The van der Waals surface area contributed by atoms with Crippen molar-refractivity contribution in [3.8, 4) is 16.9 Å². The number of nitrogen functional groups attached to an aromatic ring is 1. The predicted octanol–water partition coefficient (Wildman–Crippen LogP) is 3.98. The molecule has 1 aromatic carbocycles. The molecule has 28 heavy (non-hydrogen) atoms. The molecule has 0 spiro atoms. The number of nitrogens with two attached hydrogens (primary N) is 2. The largest absolute Gasteiger partial charge is 0.493 e. The van der Waals surface area contributed by atoms with Crippen LogP contribution in [0, 0.1) is 5.92 Å². The molecule has 150 valence electrons. The summed E-state index contributed by atoms with van der Waals surface area (Å²) in [6, 6.07) is 5.55. The fourth-order valence-electron chi connectivity index (χ4n) is 3.15. The molecule has 0 aliphatic rings. The maximum absolute atomic E-state index is 13.6. The molecule has 3 aromatic rings. The van der Waals surface area contributed by atoms with E-state index < -0.39 is 11.7 Å². The van der Waals surface area contributed by atoms with Crippen LogP contribution in [0.15, 0.2) is 30.5 Å². The van der Waals surface area contributed by atoms with Gasteiger partial charge in [0.25, 0.3) is 0 Å². The first kappa shape index (κ1) is 19.9. The van der Waals surface area contributed by atoms with E-state index in [-0.39, 0.29) is 30.3 Å². The van der Waals surface area contributed by atoms with Gasteiger partial charge < -0.3 is 21.2 Å². The van der Waals surface area contributed by atoms with Crippen molar-refractivity contribution < 1.29 is 17.9 Å². The molecule has 3 rings (SSSR count). The van der Waals surface area contributed by atoms with Crippen LogP contribution >= 0.6 is 0 Å². The Balaban J connectivity index is 1.97. The summed E-state index contributed by atoms with van der Waals surface area (Å²) in [6.45, 7) is 3.89. The summed E-state index contributed by atoms with van der Waals surface area (Å²) in [5.74, 6) is -0.0233. The van der Waals surface area contributed by atoms with Gasteiger partial charge in [0.1, 0.15) is 5.75 Å². The van der Waals surface area contributed by atoms with E-state index in [9.17, 15) is 13.2 Å². The average Bonchev–Trinajstić information content (AvgIpc) is 2.98. The number of hydrogen-bond acceptors (Lipinski definition) is 5.